The number of fused-ring (bicyclic) bond motifs is 2. The minimum atomic E-state index is 0.0526. The van der Waals surface area contributed by atoms with Crippen LogP contribution in [0.1, 0.15) is 28.8 Å². The molecule has 0 saturated carbocycles. The predicted molar refractivity (Wildman–Crippen MR) is 95.4 cm³/mol. The van der Waals surface area contributed by atoms with Gasteiger partial charge in [-0.15, -0.1) is 0 Å². The number of pyridine rings is 1. The van der Waals surface area contributed by atoms with Crippen molar-refractivity contribution in [2.75, 3.05) is 7.11 Å². The van der Waals surface area contributed by atoms with Crippen molar-refractivity contribution in [3.05, 3.63) is 75.3 Å². The first-order valence-electron chi connectivity index (χ1n) is 8.02. The average Bonchev–Trinajstić information content (AvgIpc) is 2.99. The molecular formula is C20H18N2O2. The van der Waals surface area contributed by atoms with Crippen LogP contribution in [0.5, 0.6) is 5.75 Å². The zero-order chi connectivity index (χ0) is 16.7. The molecule has 0 N–H and O–H groups in total. The van der Waals surface area contributed by atoms with Crippen LogP contribution < -0.4 is 10.3 Å². The van der Waals surface area contributed by atoms with Crippen molar-refractivity contribution in [3.8, 4) is 5.75 Å². The molecule has 24 heavy (non-hydrogen) atoms. The van der Waals surface area contributed by atoms with Crippen LogP contribution in [0.4, 0.5) is 0 Å². The summed E-state index contributed by atoms with van der Waals surface area (Å²) in [5.41, 5.74) is 5.68. The van der Waals surface area contributed by atoms with Crippen LogP contribution in [0.25, 0.3) is 17.3 Å². The summed E-state index contributed by atoms with van der Waals surface area (Å²) in [7, 11) is 1.66. The van der Waals surface area contributed by atoms with Crippen LogP contribution >= 0.6 is 0 Å². The van der Waals surface area contributed by atoms with Crippen LogP contribution in [0.2, 0.25) is 0 Å². The maximum atomic E-state index is 12.7. The van der Waals surface area contributed by atoms with Gasteiger partial charge in [-0.05, 0) is 60.7 Å². The molecule has 1 aromatic carbocycles. The number of aryl methyl sites for hydroxylation is 1. The number of rotatable bonds is 2. The summed E-state index contributed by atoms with van der Waals surface area (Å²) in [6.07, 6.45) is 5.57. The van der Waals surface area contributed by atoms with E-state index in [0.717, 1.165) is 46.5 Å². The Kier molecular flexibility index (Phi) is 3.45. The van der Waals surface area contributed by atoms with E-state index in [0.29, 0.717) is 5.65 Å². The summed E-state index contributed by atoms with van der Waals surface area (Å²) >= 11 is 0. The van der Waals surface area contributed by atoms with Gasteiger partial charge in [-0.25, -0.2) is 4.98 Å². The fourth-order valence-electron chi connectivity index (χ4n) is 3.19. The largest absolute Gasteiger partial charge is 0.497 e. The second-order valence-electron chi connectivity index (χ2n) is 6.12. The average molecular weight is 318 g/mol. The lowest BCUT2D eigenvalue weighted by Gasteiger charge is -2.06. The lowest BCUT2D eigenvalue weighted by molar-refractivity contribution is 0.415. The highest BCUT2D eigenvalue weighted by Gasteiger charge is 2.22. The van der Waals surface area contributed by atoms with Crippen molar-refractivity contribution in [1.29, 1.82) is 0 Å². The van der Waals surface area contributed by atoms with Gasteiger partial charge in [0.2, 0.25) is 0 Å². The van der Waals surface area contributed by atoms with Gasteiger partial charge in [-0.3, -0.25) is 9.20 Å². The number of nitrogens with zero attached hydrogens (tertiary/aromatic N) is 2. The highest BCUT2D eigenvalue weighted by Crippen LogP contribution is 2.31. The second kappa shape index (κ2) is 5.64. The summed E-state index contributed by atoms with van der Waals surface area (Å²) in [5.74, 6) is 0.835. The third-order valence-electron chi connectivity index (χ3n) is 4.47. The fraction of sp³-hybridized carbons (Fsp3) is 0.200. The van der Waals surface area contributed by atoms with Gasteiger partial charge >= 0.3 is 0 Å². The number of allylic oxidation sites excluding steroid dienone is 1. The number of aromatic nitrogens is 2. The van der Waals surface area contributed by atoms with E-state index >= 15 is 0 Å². The van der Waals surface area contributed by atoms with Crippen LogP contribution in [0.15, 0.2) is 47.4 Å². The number of ether oxygens (including phenoxy) is 1. The van der Waals surface area contributed by atoms with Crippen molar-refractivity contribution in [2.24, 2.45) is 0 Å². The zero-order valence-corrected chi connectivity index (χ0v) is 13.7. The Morgan fingerprint density at radius 2 is 1.92 bits per heavy atom. The van der Waals surface area contributed by atoms with E-state index in [1.165, 1.54) is 0 Å². The van der Waals surface area contributed by atoms with Gasteiger partial charge in [-0.1, -0.05) is 18.2 Å². The first-order chi connectivity index (χ1) is 11.7. The molecule has 120 valence electrons. The maximum absolute atomic E-state index is 12.7. The summed E-state index contributed by atoms with van der Waals surface area (Å²) in [5, 5.41) is 0. The van der Waals surface area contributed by atoms with Crippen molar-refractivity contribution in [3.63, 3.8) is 0 Å². The number of hydrogen-bond acceptors (Lipinski definition) is 3. The first-order valence-corrected chi connectivity index (χ1v) is 8.02. The predicted octanol–water partition coefficient (Wildman–Crippen LogP) is 3.50. The number of hydrogen-bond donors (Lipinski definition) is 0. The Morgan fingerprint density at radius 1 is 1.12 bits per heavy atom. The molecule has 0 unspecified atom stereocenters. The van der Waals surface area contributed by atoms with Gasteiger partial charge < -0.3 is 4.74 Å². The van der Waals surface area contributed by atoms with Gasteiger partial charge in [0.15, 0.2) is 0 Å². The van der Waals surface area contributed by atoms with Crippen molar-refractivity contribution < 1.29 is 4.74 Å². The van der Waals surface area contributed by atoms with E-state index in [4.69, 9.17) is 9.72 Å². The Labute approximate surface area is 140 Å². The van der Waals surface area contributed by atoms with Crippen LogP contribution in [-0.4, -0.2) is 16.5 Å². The van der Waals surface area contributed by atoms with E-state index in [-0.39, 0.29) is 5.56 Å². The molecule has 0 radical (unpaired) electrons. The molecule has 3 aromatic rings. The molecule has 0 atom stereocenters. The standard InChI is InChI=1S/C20H18N2O2/c1-13-3-10-18-21-19-15(6-9-17(19)20(23)22(18)12-13)11-14-4-7-16(24-2)8-5-14/h3-5,7-8,10-12H,6,9H2,1-2H3/b15-11-. The molecule has 0 aliphatic heterocycles. The first kappa shape index (κ1) is 14.7. The summed E-state index contributed by atoms with van der Waals surface area (Å²) in [6.45, 7) is 1.98. The summed E-state index contributed by atoms with van der Waals surface area (Å²) in [6, 6.07) is 11.8. The van der Waals surface area contributed by atoms with Crippen molar-refractivity contribution in [1.82, 2.24) is 9.38 Å². The van der Waals surface area contributed by atoms with E-state index in [9.17, 15) is 4.79 Å². The molecule has 4 heteroatoms. The molecule has 0 fully saturated rings. The Bertz CT molecular complexity index is 1010. The normalized spacial score (nSPS) is 15.0. The van der Waals surface area contributed by atoms with Gasteiger partial charge in [0, 0.05) is 11.8 Å². The van der Waals surface area contributed by atoms with Crippen LogP contribution in [0.3, 0.4) is 0 Å². The second-order valence-corrected chi connectivity index (χ2v) is 6.12. The van der Waals surface area contributed by atoms with Crippen LogP contribution in [-0.2, 0) is 6.42 Å². The van der Waals surface area contributed by atoms with Crippen molar-refractivity contribution >= 4 is 17.3 Å². The minimum Gasteiger partial charge on any atom is -0.497 e. The Morgan fingerprint density at radius 3 is 2.67 bits per heavy atom. The van der Waals surface area contributed by atoms with E-state index < -0.39 is 0 Å². The molecule has 1 aliphatic rings. The minimum absolute atomic E-state index is 0.0526. The van der Waals surface area contributed by atoms with E-state index in [1.54, 1.807) is 11.5 Å². The van der Waals surface area contributed by atoms with Gasteiger partial charge in [0.25, 0.3) is 5.56 Å². The Balaban J connectivity index is 1.83. The van der Waals surface area contributed by atoms with Crippen molar-refractivity contribution in [2.45, 2.75) is 19.8 Å². The van der Waals surface area contributed by atoms with Crippen LogP contribution in [0, 0.1) is 6.92 Å². The van der Waals surface area contributed by atoms with Gasteiger partial charge in [0.1, 0.15) is 11.4 Å². The highest BCUT2D eigenvalue weighted by molar-refractivity contribution is 5.84. The fourth-order valence-corrected chi connectivity index (χ4v) is 3.19. The SMILES string of the molecule is COc1ccc(/C=C2/CCc3c2nc2ccc(C)cn2c3=O)cc1. The van der Waals surface area contributed by atoms with Gasteiger partial charge in [0.05, 0.1) is 12.8 Å². The highest BCUT2D eigenvalue weighted by atomic mass is 16.5. The third-order valence-corrected chi connectivity index (χ3v) is 4.47. The quantitative estimate of drug-likeness (QED) is 0.726. The maximum Gasteiger partial charge on any atom is 0.261 e. The molecule has 1 aliphatic carbocycles. The molecule has 2 heterocycles. The molecular weight excluding hydrogens is 300 g/mol. The lowest BCUT2D eigenvalue weighted by Crippen LogP contribution is -2.19. The molecule has 0 amide bonds. The molecule has 0 spiro atoms. The zero-order valence-electron chi connectivity index (χ0n) is 13.7. The number of methoxy groups -OCH3 is 1. The monoisotopic (exact) mass is 318 g/mol. The van der Waals surface area contributed by atoms with E-state index in [2.05, 4.69) is 6.08 Å². The topological polar surface area (TPSA) is 43.6 Å². The Hall–Kier alpha value is -2.88. The number of benzene rings is 1. The molecule has 2 aromatic heterocycles. The van der Waals surface area contributed by atoms with E-state index in [1.807, 2.05) is 49.5 Å². The molecule has 4 rings (SSSR count). The summed E-state index contributed by atoms with van der Waals surface area (Å²) < 4.78 is 6.85. The smallest absolute Gasteiger partial charge is 0.261 e. The molecule has 0 bridgehead atoms. The molecule has 0 saturated heterocycles. The molecule has 4 nitrogen and oxygen atoms in total. The summed E-state index contributed by atoms with van der Waals surface area (Å²) in [4.78, 5) is 17.5. The van der Waals surface area contributed by atoms with Gasteiger partial charge in [-0.2, -0.15) is 0 Å². The third kappa shape index (κ3) is 2.40. The lowest BCUT2D eigenvalue weighted by atomic mass is 10.1.